The SMILES string of the molecule is CCNC(=NCC1CCCC1O)N1CCC(CN(CC)C(=O)OC(C)(C)C)CC1.I. The number of halogens is 1. The Bertz CT molecular complexity index is 545. The van der Waals surface area contributed by atoms with Crippen LogP contribution in [0.1, 0.15) is 66.7 Å². The van der Waals surface area contributed by atoms with Crippen LogP contribution in [-0.2, 0) is 4.74 Å². The van der Waals surface area contributed by atoms with Crippen LogP contribution in [0.15, 0.2) is 4.99 Å². The smallest absolute Gasteiger partial charge is 0.410 e. The normalized spacial score (nSPS) is 23.1. The fourth-order valence-corrected chi connectivity index (χ4v) is 4.16. The van der Waals surface area contributed by atoms with Gasteiger partial charge in [-0.2, -0.15) is 0 Å². The Kier molecular flexibility index (Phi) is 11.8. The molecule has 2 aliphatic rings. The first-order valence-electron chi connectivity index (χ1n) is 11.4. The van der Waals surface area contributed by atoms with E-state index >= 15 is 0 Å². The third-order valence-corrected chi connectivity index (χ3v) is 5.86. The van der Waals surface area contributed by atoms with Crippen LogP contribution >= 0.6 is 24.0 Å². The van der Waals surface area contributed by atoms with Crippen LogP contribution in [0, 0.1) is 11.8 Å². The lowest BCUT2D eigenvalue weighted by molar-refractivity contribution is 0.0214. The summed E-state index contributed by atoms with van der Waals surface area (Å²) in [6.45, 7) is 14.7. The van der Waals surface area contributed by atoms with Gasteiger partial charge in [0.1, 0.15) is 5.60 Å². The fourth-order valence-electron chi connectivity index (χ4n) is 4.16. The van der Waals surface area contributed by atoms with Gasteiger partial charge in [-0.1, -0.05) is 6.42 Å². The molecule has 1 amide bonds. The van der Waals surface area contributed by atoms with Crippen LogP contribution in [0.4, 0.5) is 4.79 Å². The Hall–Kier alpha value is -0.770. The third kappa shape index (κ3) is 8.77. The minimum absolute atomic E-state index is 0. The van der Waals surface area contributed by atoms with E-state index in [1.807, 2.05) is 32.6 Å². The first-order valence-corrected chi connectivity index (χ1v) is 11.4. The predicted molar refractivity (Wildman–Crippen MR) is 133 cm³/mol. The summed E-state index contributed by atoms with van der Waals surface area (Å²) in [6, 6.07) is 0. The van der Waals surface area contributed by atoms with Gasteiger partial charge in [0, 0.05) is 45.2 Å². The highest BCUT2D eigenvalue weighted by Gasteiger charge is 2.28. The van der Waals surface area contributed by atoms with Crippen molar-refractivity contribution in [3.05, 3.63) is 0 Å². The van der Waals surface area contributed by atoms with E-state index in [4.69, 9.17) is 9.73 Å². The van der Waals surface area contributed by atoms with Crippen LogP contribution in [0.3, 0.4) is 0 Å². The third-order valence-electron chi connectivity index (χ3n) is 5.86. The van der Waals surface area contributed by atoms with Crippen molar-refractivity contribution in [2.24, 2.45) is 16.8 Å². The molecule has 0 bridgehead atoms. The fraction of sp³-hybridized carbons (Fsp3) is 0.909. The molecule has 2 rings (SSSR count). The number of guanidine groups is 1. The molecule has 2 unspecified atom stereocenters. The van der Waals surface area contributed by atoms with Crippen LogP contribution in [0.5, 0.6) is 0 Å². The predicted octanol–water partition coefficient (Wildman–Crippen LogP) is 3.70. The molecule has 0 aromatic carbocycles. The standard InChI is InChI=1S/C22H42N4O3.HI/c1-6-23-20(24-15-18-9-8-10-19(18)27)26-13-11-17(12-14-26)16-25(7-2)21(28)29-22(3,4)5;/h17-19,27H,6-16H2,1-5H3,(H,23,24);1H. The number of aliphatic hydroxyl groups excluding tert-OH is 1. The summed E-state index contributed by atoms with van der Waals surface area (Å²) in [5.41, 5.74) is -0.460. The van der Waals surface area contributed by atoms with Gasteiger partial charge >= 0.3 is 6.09 Å². The first-order chi connectivity index (χ1) is 13.7. The minimum Gasteiger partial charge on any atom is -0.444 e. The van der Waals surface area contributed by atoms with Gasteiger partial charge < -0.3 is 25.0 Å². The topological polar surface area (TPSA) is 77.4 Å². The number of hydrogen-bond donors (Lipinski definition) is 2. The average Bonchev–Trinajstić information content (AvgIpc) is 3.07. The van der Waals surface area contributed by atoms with Gasteiger partial charge in [0.2, 0.25) is 0 Å². The van der Waals surface area contributed by atoms with Crippen LogP contribution < -0.4 is 5.32 Å². The van der Waals surface area contributed by atoms with E-state index in [1.54, 1.807) is 0 Å². The number of amides is 1. The zero-order chi connectivity index (χ0) is 21.4. The van der Waals surface area contributed by atoms with Crippen LogP contribution in [0.2, 0.25) is 0 Å². The Labute approximate surface area is 200 Å². The number of carbonyl (C=O) groups is 1. The molecule has 0 aromatic rings. The average molecular weight is 539 g/mol. The number of rotatable bonds is 6. The molecule has 1 heterocycles. The lowest BCUT2D eigenvalue weighted by atomic mass is 9.96. The lowest BCUT2D eigenvalue weighted by Gasteiger charge is -2.36. The van der Waals surface area contributed by atoms with Crippen molar-refractivity contribution in [3.8, 4) is 0 Å². The lowest BCUT2D eigenvalue weighted by Crippen LogP contribution is -2.48. The van der Waals surface area contributed by atoms with Gasteiger partial charge in [0.05, 0.1) is 6.10 Å². The number of likely N-dealkylation sites (tertiary alicyclic amines) is 1. The van der Waals surface area contributed by atoms with Crippen molar-refractivity contribution < 1.29 is 14.6 Å². The molecule has 1 aliphatic heterocycles. The van der Waals surface area contributed by atoms with Crippen LogP contribution in [-0.4, -0.2) is 77.9 Å². The Balaban J connectivity index is 0.00000450. The molecule has 0 aromatic heterocycles. The summed E-state index contributed by atoms with van der Waals surface area (Å²) in [5, 5.41) is 13.5. The molecule has 30 heavy (non-hydrogen) atoms. The minimum atomic E-state index is -0.460. The molecular weight excluding hydrogens is 495 g/mol. The number of ether oxygens (including phenoxy) is 1. The Morgan fingerprint density at radius 3 is 2.37 bits per heavy atom. The van der Waals surface area contributed by atoms with Gasteiger partial charge in [-0.25, -0.2) is 4.79 Å². The molecule has 0 radical (unpaired) electrons. The van der Waals surface area contributed by atoms with Crippen LogP contribution in [0.25, 0.3) is 0 Å². The quantitative estimate of drug-likeness (QED) is 0.307. The van der Waals surface area contributed by atoms with E-state index < -0.39 is 5.60 Å². The second kappa shape index (κ2) is 12.9. The number of aliphatic hydroxyl groups is 1. The molecule has 2 atom stereocenters. The van der Waals surface area contributed by atoms with Crippen molar-refractivity contribution >= 4 is 36.0 Å². The van der Waals surface area contributed by atoms with E-state index in [-0.39, 0.29) is 36.2 Å². The Morgan fingerprint density at radius 1 is 1.20 bits per heavy atom. The molecule has 2 fully saturated rings. The maximum Gasteiger partial charge on any atom is 0.410 e. The van der Waals surface area contributed by atoms with Crippen molar-refractivity contribution in [1.29, 1.82) is 0 Å². The maximum atomic E-state index is 12.4. The maximum absolute atomic E-state index is 12.4. The summed E-state index contributed by atoms with van der Waals surface area (Å²) in [5.74, 6) is 1.75. The van der Waals surface area contributed by atoms with E-state index in [0.717, 1.165) is 64.2 Å². The molecule has 1 saturated heterocycles. The van der Waals surface area contributed by atoms with Crippen molar-refractivity contribution in [2.75, 3.05) is 39.3 Å². The highest BCUT2D eigenvalue weighted by atomic mass is 127. The number of nitrogens with zero attached hydrogens (tertiary/aromatic N) is 3. The molecule has 0 spiro atoms. The molecular formula is C22H43IN4O3. The zero-order valence-corrected chi connectivity index (χ0v) is 21.9. The molecule has 1 saturated carbocycles. The summed E-state index contributed by atoms with van der Waals surface area (Å²) in [7, 11) is 0. The molecule has 1 aliphatic carbocycles. The number of nitrogens with one attached hydrogen (secondary N) is 1. The van der Waals surface area contributed by atoms with Gasteiger partial charge in [-0.05, 0) is 66.2 Å². The molecule has 8 heteroatoms. The number of carbonyl (C=O) groups excluding carboxylic acids is 1. The summed E-state index contributed by atoms with van der Waals surface area (Å²) in [4.78, 5) is 21.4. The van der Waals surface area contributed by atoms with Gasteiger partial charge in [-0.3, -0.25) is 4.99 Å². The number of hydrogen-bond acceptors (Lipinski definition) is 4. The zero-order valence-electron chi connectivity index (χ0n) is 19.5. The van der Waals surface area contributed by atoms with E-state index in [1.165, 1.54) is 0 Å². The van der Waals surface area contributed by atoms with Crippen molar-refractivity contribution in [2.45, 2.75) is 78.4 Å². The summed E-state index contributed by atoms with van der Waals surface area (Å²) < 4.78 is 5.54. The summed E-state index contributed by atoms with van der Waals surface area (Å²) in [6.07, 6.45) is 4.75. The van der Waals surface area contributed by atoms with Crippen molar-refractivity contribution in [3.63, 3.8) is 0 Å². The van der Waals surface area contributed by atoms with E-state index in [0.29, 0.717) is 24.9 Å². The van der Waals surface area contributed by atoms with E-state index in [9.17, 15) is 9.90 Å². The second-order valence-electron chi connectivity index (χ2n) is 9.40. The second-order valence-corrected chi connectivity index (χ2v) is 9.40. The van der Waals surface area contributed by atoms with Crippen molar-refractivity contribution in [1.82, 2.24) is 15.1 Å². The van der Waals surface area contributed by atoms with E-state index in [2.05, 4.69) is 17.1 Å². The Morgan fingerprint density at radius 2 is 1.87 bits per heavy atom. The molecule has 7 nitrogen and oxygen atoms in total. The molecule has 2 N–H and O–H groups in total. The monoisotopic (exact) mass is 538 g/mol. The largest absolute Gasteiger partial charge is 0.444 e. The summed E-state index contributed by atoms with van der Waals surface area (Å²) >= 11 is 0. The first kappa shape index (κ1) is 27.3. The number of aliphatic imine (C=N–C) groups is 1. The van der Waals surface area contributed by atoms with Gasteiger partial charge in [0.25, 0.3) is 0 Å². The molecule has 176 valence electrons. The van der Waals surface area contributed by atoms with Gasteiger partial charge in [-0.15, -0.1) is 24.0 Å². The highest BCUT2D eigenvalue weighted by Crippen LogP contribution is 2.26. The van der Waals surface area contributed by atoms with Gasteiger partial charge in [0.15, 0.2) is 5.96 Å². The number of piperidine rings is 1. The highest BCUT2D eigenvalue weighted by molar-refractivity contribution is 14.0.